The summed E-state index contributed by atoms with van der Waals surface area (Å²) in [5.74, 6) is -0.491. The molecule has 1 amide bonds. The molecular formula is C12H20N2O4S. The van der Waals surface area contributed by atoms with Gasteiger partial charge in [-0.1, -0.05) is 11.8 Å². The zero-order chi connectivity index (χ0) is 14.4. The Morgan fingerprint density at radius 2 is 2.00 bits per heavy atom. The molecule has 1 fully saturated rings. The van der Waals surface area contributed by atoms with Crippen molar-refractivity contribution in [1.82, 2.24) is 9.80 Å². The van der Waals surface area contributed by atoms with Crippen molar-refractivity contribution in [2.24, 2.45) is 0 Å². The van der Waals surface area contributed by atoms with E-state index in [9.17, 15) is 14.4 Å². The van der Waals surface area contributed by atoms with Crippen LogP contribution in [0.25, 0.3) is 0 Å². The lowest BCUT2D eigenvalue weighted by molar-refractivity contribution is -0.153. The molecule has 0 aromatic rings. The zero-order valence-corrected chi connectivity index (χ0v) is 12.1. The Labute approximate surface area is 117 Å². The van der Waals surface area contributed by atoms with Crippen molar-refractivity contribution >= 4 is 28.8 Å². The van der Waals surface area contributed by atoms with E-state index in [1.807, 2.05) is 11.9 Å². The maximum atomic E-state index is 12.0. The van der Waals surface area contributed by atoms with Crippen molar-refractivity contribution in [3.63, 3.8) is 0 Å². The van der Waals surface area contributed by atoms with Gasteiger partial charge < -0.3 is 14.9 Å². The Morgan fingerprint density at radius 1 is 1.32 bits per heavy atom. The Bertz CT molecular complexity index is 362. The quantitative estimate of drug-likeness (QED) is 0.732. The van der Waals surface area contributed by atoms with Crippen molar-refractivity contribution in [3.8, 4) is 0 Å². The number of likely N-dealkylation sites (N-methyl/N-ethyl adjacent to an activating group) is 1. The number of carbonyl (C=O) groups excluding carboxylic acids is 2. The number of carbonyl (C=O) groups is 3. The monoisotopic (exact) mass is 288 g/mol. The lowest BCUT2D eigenvalue weighted by Gasteiger charge is -2.37. The fraction of sp³-hybridized carbons (Fsp3) is 0.750. The molecule has 0 aliphatic carbocycles. The molecule has 0 spiro atoms. The van der Waals surface area contributed by atoms with Crippen LogP contribution in [0.1, 0.15) is 19.8 Å². The molecule has 0 aromatic heterocycles. The number of amides is 1. The second-order valence-corrected chi connectivity index (χ2v) is 5.92. The van der Waals surface area contributed by atoms with Crippen molar-refractivity contribution in [2.75, 3.05) is 32.4 Å². The van der Waals surface area contributed by atoms with Gasteiger partial charge in [-0.25, -0.2) is 4.79 Å². The van der Waals surface area contributed by atoms with E-state index >= 15 is 0 Å². The van der Waals surface area contributed by atoms with E-state index in [4.69, 9.17) is 5.11 Å². The fourth-order valence-corrected chi connectivity index (χ4v) is 2.59. The zero-order valence-electron chi connectivity index (χ0n) is 11.3. The van der Waals surface area contributed by atoms with Gasteiger partial charge in [-0.05, 0) is 13.5 Å². The third-order valence-corrected chi connectivity index (χ3v) is 3.93. The first-order valence-corrected chi connectivity index (χ1v) is 7.24. The predicted octanol–water partition coefficient (Wildman–Crippen LogP) is 0.274. The molecule has 1 aliphatic rings. The number of rotatable bonds is 5. The van der Waals surface area contributed by atoms with E-state index in [1.54, 1.807) is 0 Å². The molecule has 0 saturated carbocycles. The molecule has 1 unspecified atom stereocenters. The first kappa shape index (κ1) is 16.0. The number of hydrogen-bond donors (Lipinski definition) is 1. The van der Waals surface area contributed by atoms with Gasteiger partial charge in [0, 0.05) is 38.7 Å². The third kappa shape index (κ3) is 5.20. The SMILES string of the molecule is CC(=O)SCCCC(=O)N1CCN(C)CC1C(=O)O. The minimum absolute atomic E-state index is 0.0375. The van der Waals surface area contributed by atoms with E-state index in [-0.39, 0.29) is 11.0 Å². The summed E-state index contributed by atoms with van der Waals surface area (Å²) >= 11 is 1.19. The van der Waals surface area contributed by atoms with Crippen LogP contribution in [0.4, 0.5) is 0 Å². The summed E-state index contributed by atoms with van der Waals surface area (Å²) in [6.45, 7) is 3.00. The van der Waals surface area contributed by atoms with E-state index in [0.717, 1.165) is 0 Å². The van der Waals surface area contributed by atoms with Gasteiger partial charge in [-0.2, -0.15) is 0 Å². The molecular weight excluding hydrogens is 268 g/mol. The van der Waals surface area contributed by atoms with Gasteiger partial charge >= 0.3 is 5.97 Å². The Kier molecular flexibility index (Phi) is 6.30. The largest absolute Gasteiger partial charge is 0.480 e. The second kappa shape index (κ2) is 7.49. The number of carboxylic acids is 1. The highest BCUT2D eigenvalue weighted by molar-refractivity contribution is 8.13. The van der Waals surface area contributed by atoms with Crippen LogP contribution in [0, 0.1) is 0 Å². The normalized spacial score (nSPS) is 20.3. The molecule has 1 saturated heterocycles. The van der Waals surface area contributed by atoms with Crippen LogP contribution in [-0.4, -0.2) is 70.4 Å². The average molecular weight is 288 g/mol. The smallest absolute Gasteiger partial charge is 0.327 e. The van der Waals surface area contributed by atoms with E-state index in [0.29, 0.717) is 38.2 Å². The van der Waals surface area contributed by atoms with Crippen LogP contribution in [0.5, 0.6) is 0 Å². The fourth-order valence-electron chi connectivity index (χ4n) is 2.01. The molecule has 1 heterocycles. The second-order valence-electron chi connectivity index (χ2n) is 4.65. The number of carboxylic acid groups (broad SMARTS) is 1. The molecule has 0 radical (unpaired) electrons. The van der Waals surface area contributed by atoms with Crippen LogP contribution in [-0.2, 0) is 14.4 Å². The first-order valence-electron chi connectivity index (χ1n) is 6.26. The highest BCUT2D eigenvalue weighted by Gasteiger charge is 2.33. The average Bonchev–Trinajstić information content (AvgIpc) is 2.33. The van der Waals surface area contributed by atoms with Crippen molar-refractivity contribution in [2.45, 2.75) is 25.8 Å². The number of nitrogens with zero attached hydrogens (tertiary/aromatic N) is 2. The third-order valence-electron chi connectivity index (χ3n) is 3.03. The first-order chi connectivity index (χ1) is 8.91. The molecule has 7 heteroatoms. The summed E-state index contributed by atoms with van der Waals surface area (Å²) in [5.41, 5.74) is 0. The van der Waals surface area contributed by atoms with Gasteiger partial charge in [-0.3, -0.25) is 9.59 Å². The summed E-state index contributed by atoms with van der Waals surface area (Å²) in [7, 11) is 1.85. The molecule has 1 aliphatic heterocycles. The van der Waals surface area contributed by atoms with Crippen LogP contribution >= 0.6 is 11.8 Å². The minimum atomic E-state index is -0.960. The van der Waals surface area contributed by atoms with Gasteiger partial charge in [0.1, 0.15) is 6.04 Å². The minimum Gasteiger partial charge on any atom is -0.480 e. The molecule has 1 N–H and O–H groups in total. The van der Waals surface area contributed by atoms with Gasteiger partial charge in [0.25, 0.3) is 0 Å². The van der Waals surface area contributed by atoms with Crippen molar-refractivity contribution < 1.29 is 19.5 Å². The Hall–Kier alpha value is -1.08. The standard InChI is InChI=1S/C12H20N2O4S/c1-9(15)19-7-3-4-11(16)14-6-5-13(2)8-10(14)12(17)18/h10H,3-8H2,1-2H3,(H,17,18). The van der Waals surface area contributed by atoms with Gasteiger partial charge in [-0.15, -0.1) is 0 Å². The van der Waals surface area contributed by atoms with Crippen LogP contribution in [0.15, 0.2) is 0 Å². The van der Waals surface area contributed by atoms with Gasteiger partial charge in [0.05, 0.1) is 0 Å². The molecule has 1 atom stereocenters. The van der Waals surface area contributed by atoms with Crippen LogP contribution in [0.3, 0.4) is 0 Å². The number of thioether (sulfide) groups is 1. The molecule has 6 nitrogen and oxygen atoms in total. The van der Waals surface area contributed by atoms with Crippen molar-refractivity contribution in [3.05, 3.63) is 0 Å². The summed E-state index contributed by atoms with van der Waals surface area (Å²) in [5, 5.41) is 9.19. The van der Waals surface area contributed by atoms with Gasteiger partial charge in [0.15, 0.2) is 5.12 Å². The number of hydrogen-bond acceptors (Lipinski definition) is 5. The summed E-state index contributed by atoms with van der Waals surface area (Å²) < 4.78 is 0. The predicted molar refractivity (Wildman–Crippen MR) is 73.0 cm³/mol. The van der Waals surface area contributed by atoms with E-state index < -0.39 is 12.0 Å². The van der Waals surface area contributed by atoms with Crippen LogP contribution in [0.2, 0.25) is 0 Å². The number of piperazine rings is 1. The Balaban J connectivity index is 2.45. The molecule has 0 aromatic carbocycles. The number of aliphatic carboxylic acids is 1. The van der Waals surface area contributed by atoms with Gasteiger partial charge in [0.2, 0.25) is 5.91 Å². The maximum Gasteiger partial charge on any atom is 0.327 e. The van der Waals surface area contributed by atoms with E-state index in [2.05, 4.69) is 0 Å². The summed E-state index contributed by atoms with van der Waals surface area (Å²) in [6, 6.07) is -0.758. The van der Waals surface area contributed by atoms with Crippen molar-refractivity contribution in [1.29, 1.82) is 0 Å². The summed E-state index contributed by atoms with van der Waals surface area (Å²) in [6.07, 6.45) is 0.898. The molecule has 19 heavy (non-hydrogen) atoms. The lowest BCUT2D eigenvalue weighted by Crippen LogP contribution is -2.57. The topological polar surface area (TPSA) is 77.9 Å². The van der Waals surface area contributed by atoms with E-state index in [1.165, 1.54) is 23.6 Å². The lowest BCUT2D eigenvalue weighted by atomic mass is 10.1. The Morgan fingerprint density at radius 3 is 2.58 bits per heavy atom. The summed E-state index contributed by atoms with van der Waals surface area (Å²) in [4.78, 5) is 37.3. The highest BCUT2D eigenvalue weighted by Crippen LogP contribution is 2.13. The molecule has 108 valence electrons. The highest BCUT2D eigenvalue weighted by atomic mass is 32.2. The molecule has 0 bridgehead atoms. The maximum absolute atomic E-state index is 12.0. The molecule has 1 rings (SSSR count). The van der Waals surface area contributed by atoms with Crippen LogP contribution < -0.4 is 0 Å².